The molecule has 4 heteroatoms. The summed E-state index contributed by atoms with van der Waals surface area (Å²) in [7, 11) is 0. The molecule has 0 saturated carbocycles. The van der Waals surface area contributed by atoms with E-state index in [9.17, 15) is 9.59 Å². The van der Waals surface area contributed by atoms with Crippen LogP contribution in [-0.2, 0) is 9.59 Å². The molecule has 0 fully saturated rings. The van der Waals surface area contributed by atoms with Crippen LogP contribution in [0.2, 0.25) is 0 Å². The minimum atomic E-state index is -0.478. The first kappa shape index (κ1) is 17.3. The van der Waals surface area contributed by atoms with Gasteiger partial charge in [0, 0.05) is 11.8 Å². The molecule has 0 saturated heterocycles. The summed E-state index contributed by atoms with van der Waals surface area (Å²) in [5, 5.41) is 5.49. The predicted octanol–water partition coefficient (Wildman–Crippen LogP) is 2.74. The van der Waals surface area contributed by atoms with Crippen molar-refractivity contribution in [3.63, 3.8) is 0 Å². The van der Waals surface area contributed by atoms with Crippen molar-refractivity contribution in [1.82, 2.24) is 10.6 Å². The predicted molar refractivity (Wildman–Crippen MR) is 93.8 cm³/mol. The standard InChI is InChI=1S/C20H20N2O2/c1-15(17-9-5-3-6-10-17)21-19(23)13-14-20(24)22-16(2)18-11-7-4-8-12-18/h3-12,15-16H,1-2H3,(H,21,23)(H,22,24)/t15-,16-/m1/s1. The van der Waals surface area contributed by atoms with E-state index < -0.39 is 11.8 Å². The van der Waals surface area contributed by atoms with Gasteiger partial charge in [-0.15, -0.1) is 0 Å². The third-order valence-corrected chi connectivity index (χ3v) is 3.58. The van der Waals surface area contributed by atoms with Crippen molar-refractivity contribution >= 4 is 11.8 Å². The second-order valence-electron chi connectivity index (χ2n) is 5.46. The summed E-state index contributed by atoms with van der Waals surface area (Å²) in [5.41, 5.74) is 1.96. The highest BCUT2D eigenvalue weighted by molar-refractivity contribution is 6.03. The van der Waals surface area contributed by atoms with E-state index in [2.05, 4.69) is 22.5 Å². The fourth-order valence-electron chi connectivity index (χ4n) is 2.23. The Morgan fingerprint density at radius 1 is 0.708 bits per heavy atom. The van der Waals surface area contributed by atoms with E-state index in [1.165, 1.54) is 0 Å². The molecule has 0 unspecified atom stereocenters. The summed E-state index contributed by atoms with van der Waals surface area (Å²) in [6, 6.07) is 18.8. The van der Waals surface area contributed by atoms with E-state index in [0.717, 1.165) is 11.1 Å². The molecule has 0 bridgehead atoms. The Kier molecular flexibility index (Phi) is 6.16. The highest BCUT2D eigenvalue weighted by Gasteiger charge is 2.09. The molecule has 0 aliphatic rings. The van der Waals surface area contributed by atoms with Gasteiger partial charge in [0.2, 0.25) is 0 Å². The second-order valence-corrected chi connectivity index (χ2v) is 5.46. The first-order valence-electron chi connectivity index (χ1n) is 7.79. The lowest BCUT2D eigenvalue weighted by molar-refractivity contribution is -0.118. The Hall–Kier alpha value is -3.06. The molecule has 0 spiro atoms. The Labute approximate surface area is 142 Å². The molecule has 2 aromatic rings. The number of rotatable bonds is 4. The van der Waals surface area contributed by atoms with Crippen LogP contribution in [0.15, 0.2) is 60.7 Å². The number of hydrogen-bond acceptors (Lipinski definition) is 2. The van der Waals surface area contributed by atoms with Gasteiger partial charge in [-0.25, -0.2) is 0 Å². The lowest BCUT2D eigenvalue weighted by Crippen LogP contribution is -2.27. The minimum absolute atomic E-state index is 0.167. The van der Waals surface area contributed by atoms with Crippen LogP contribution in [0.1, 0.15) is 37.1 Å². The van der Waals surface area contributed by atoms with Crippen molar-refractivity contribution in [2.45, 2.75) is 25.9 Å². The molecule has 0 aromatic heterocycles. The van der Waals surface area contributed by atoms with Gasteiger partial charge in [0.05, 0.1) is 12.1 Å². The summed E-state index contributed by atoms with van der Waals surface area (Å²) < 4.78 is 0. The van der Waals surface area contributed by atoms with Crippen LogP contribution >= 0.6 is 0 Å². The Bertz CT molecular complexity index is 682. The molecule has 0 heterocycles. The second kappa shape index (κ2) is 8.54. The number of nitrogens with one attached hydrogen (secondary N) is 2. The average molecular weight is 320 g/mol. The third-order valence-electron chi connectivity index (χ3n) is 3.58. The van der Waals surface area contributed by atoms with Gasteiger partial charge >= 0.3 is 0 Å². The quantitative estimate of drug-likeness (QED) is 0.851. The highest BCUT2D eigenvalue weighted by atomic mass is 16.2. The van der Waals surface area contributed by atoms with Crippen LogP contribution in [0.4, 0.5) is 0 Å². The lowest BCUT2D eigenvalue weighted by atomic mass is 10.1. The largest absolute Gasteiger partial charge is 0.339 e. The van der Waals surface area contributed by atoms with Gasteiger partial charge in [-0.05, 0) is 25.0 Å². The molecule has 2 aromatic carbocycles. The van der Waals surface area contributed by atoms with Gasteiger partial charge in [0.15, 0.2) is 0 Å². The maximum atomic E-state index is 11.8. The van der Waals surface area contributed by atoms with Gasteiger partial charge in [-0.3, -0.25) is 9.59 Å². The van der Waals surface area contributed by atoms with Crippen molar-refractivity contribution < 1.29 is 9.59 Å². The highest BCUT2D eigenvalue weighted by Crippen LogP contribution is 2.11. The maximum absolute atomic E-state index is 11.8. The lowest BCUT2D eigenvalue weighted by Gasteiger charge is -2.12. The zero-order valence-electron chi connectivity index (χ0n) is 13.7. The van der Waals surface area contributed by atoms with E-state index in [-0.39, 0.29) is 12.1 Å². The van der Waals surface area contributed by atoms with Crippen LogP contribution in [0.3, 0.4) is 0 Å². The SMILES string of the molecule is C[C@@H](NC(=O)C#CC(=O)N[C@H](C)c1ccccc1)c1ccccc1. The van der Waals surface area contributed by atoms with E-state index in [1.54, 1.807) is 0 Å². The normalized spacial score (nSPS) is 12.2. The summed E-state index contributed by atoms with van der Waals surface area (Å²) >= 11 is 0. The maximum Gasteiger partial charge on any atom is 0.296 e. The van der Waals surface area contributed by atoms with Crippen LogP contribution in [0, 0.1) is 11.8 Å². The van der Waals surface area contributed by atoms with Crippen LogP contribution < -0.4 is 10.6 Å². The van der Waals surface area contributed by atoms with Crippen molar-refractivity contribution in [1.29, 1.82) is 0 Å². The summed E-state index contributed by atoms with van der Waals surface area (Å²) in [5.74, 6) is 3.70. The number of carbonyl (C=O) groups excluding carboxylic acids is 2. The van der Waals surface area contributed by atoms with Crippen molar-refractivity contribution in [3.05, 3.63) is 71.8 Å². The van der Waals surface area contributed by atoms with E-state index in [0.29, 0.717) is 0 Å². The fraction of sp³-hybridized carbons (Fsp3) is 0.200. The molecule has 0 radical (unpaired) electrons. The van der Waals surface area contributed by atoms with Crippen molar-refractivity contribution in [2.75, 3.05) is 0 Å². The van der Waals surface area contributed by atoms with Gasteiger partial charge in [-0.1, -0.05) is 60.7 Å². The molecular weight excluding hydrogens is 300 g/mol. The number of benzene rings is 2. The number of carbonyl (C=O) groups is 2. The van der Waals surface area contributed by atoms with Crippen molar-refractivity contribution in [3.8, 4) is 11.8 Å². The van der Waals surface area contributed by atoms with Gasteiger partial charge in [0.25, 0.3) is 11.8 Å². The molecule has 2 amide bonds. The first-order valence-corrected chi connectivity index (χ1v) is 7.79. The van der Waals surface area contributed by atoms with Crippen LogP contribution in [0.5, 0.6) is 0 Å². The van der Waals surface area contributed by atoms with Gasteiger partial charge < -0.3 is 10.6 Å². The monoisotopic (exact) mass is 320 g/mol. The zero-order valence-corrected chi connectivity index (χ0v) is 13.7. The molecule has 2 rings (SSSR count). The molecule has 122 valence electrons. The molecule has 24 heavy (non-hydrogen) atoms. The number of amides is 2. The molecule has 0 aliphatic heterocycles. The summed E-state index contributed by atoms with van der Waals surface area (Å²) in [6.07, 6.45) is 0. The molecule has 4 nitrogen and oxygen atoms in total. The Balaban J connectivity index is 1.87. The van der Waals surface area contributed by atoms with Gasteiger partial charge in [-0.2, -0.15) is 0 Å². The third kappa shape index (κ3) is 5.29. The smallest absolute Gasteiger partial charge is 0.296 e. The molecule has 0 aliphatic carbocycles. The summed E-state index contributed by atoms with van der Waals surface area (Å²) in [4.78, 5) is 23.6. The zero-order chi connectivity index (χ0) is 17.4. The van der Waals surface area contributed by atoms with Gasteiger partial charge in [0.1, 0.15) is 0 Å². The fourth-order valence-corrected chi connectivity index (χ4v) is 2.23. The van der Waals surface area contributed by atoms with Crippen LogP contribution in [0.25, 0.3) is 0 Å². The average Bonchev–Trinajstić information content (AvgIpc) is 2.61. The molecular formula is C20H20N2O2. The first-order chi connectivity index (χ1) is 11.6. The minimum Gasteiger partial charge on any atom is -0.339 e. The van der Waals surface area contributed by atoms with E-state index in [4.69, 9.17) is 0 Å². The Morgan fingerprint density at radius 3 is 1.38 bits per heavy atom. The van der Waals surface area contributed by atoms with Crippen molar-refractivity contribution in [2.24, 2.45) is 0 Å². The number of hydrogen-bond donors (Lipinski definition) is 2. The van der Waals surface area contributed by atoms with Crippen LogP contribution in [-0.4, -0.2) is 11.8 Å². The molecule has 2 N–H and O–H groups in total. The Morgan fingerprint density at radius 2 is 1.04 bits per heavy atom. The topological polar surface area (TPSA) is 58.2 Å². The van der Waals surface area contributed by atoms with E-state index in [1.807, 2.05) is 74.5 Å². The summed E-state index contributed by atoms with van der Waals surface area (Å²) in [6.45, 7) is 3.74. The molecule has 2 atom stereocenters. The van der Waals surface area contributed by atoms with E-state index >= 15 is 0 Å².